The van der Waals surface area contributed by atoms with Gasteiger partial charge >= 0.3 is 0 Å². The zero-order valence-electron chi connectivity index (χ0n) is 24.7. The second kappa shape index (κ2) is 12.9. The van der Waals surface area contributed by atoms with E-state index in [1.807, 2.05) is 38.1 Å². The van der Waals surface area contributed by atoms with Gasteiger partial charge < -0.3 is 15.5 Å². The molecule has 1 aromatic carbocycles. The number of anilines is 1. The second-order valence-electron chi connectivity index (χ2n) is 10.8. The summed E-state index contributed by atoms with van der Waals surface area (Å²) in [5, 5.41) is 10.8. The van der Waals surface area contributed by atoms with Crippen molar-refractivity contribution in [3.63, 3.8) is 0 Å². The lowest BCUT2D eigenvalue weighted by atomic mass is 10.0. The Bertz CT molecular complexity index is 1770. The van der Waals surface area contributed by atoms with Crippen molar-refractivity contribution < 1.29 is 14.4 Å². The van der Waals surface area contributed by atoms with E-state index in [9.17, 15) is 14.4 Å². The molecule has 1 fully saturated rings. The number of pyridine rings is 1. The highest BCUT2D eigenvalue weighted by molar-refractivity contribution is 9.10. The molecular weight excluding hydrogens is 624 g/mol. The van der Waals surface area contributed by atoms with Crippen molar-refractivity contribution in [1.82, 2.24) is 34.9 Å². The standard InChI is InChI=1S/C32H33BrN8O3/c1-6-12-34-32(44)29-23-14-21(22-15-35-20(5)36-16-22)9-10-25(23)40(39-29)17-28(42)41-24(7-2)19(4)13-26(41)31(43)38-30-18(3)8-11-27(33)37-30/h6-11,14-16,19,24,26H,1-2,12-13,17H2,3-5H3,(H,34,44)(H,37,38,43)/t19-,24+,26-/m0/s1. The molecule has 44 heavy (non-hydrogen) atoms. The molecule has 12 heteroatoms. The number of halogens is 1. The van der Waals surface area contributed by atoms with Crippen LogP contribution in [0, 0.1) is 19.8 Å². The molecule has 2 N–H and O–H groups in total. The van der Waals surface area contributed by atoms with E-state index < -0.39 is 11.9 Å². The SMILES string of the molecule is C=CCNC(=O)c1nn(CC(=O)N2[C@H](C=C)[C@@H](C)C[C@H]2C(=O)Nc2nc(Br)ccc2C)c2ccc(-c3cnc(C)nc3)cc12. The lowest BCUT2D eigenvalue weighted by molar-refractivity contribution is -0.138. The Morgan fingerprint density at radius 3 is 2.55 bits per heavy atom. The molecule has 4 heterocycles. The van der Waals surface area contributed by atoms with E-state index in [1.165, 1.54) is 4.68 Å². The summed E-state index contributed by atoms with van der Waals surface area (Å²) >= 11 is 3.35. The van der Waals surface area contributed by atoms with E-state index in [0.29, 0.717) is 33.6 Å². The average Bonchev–Trinajstić information content (AvgIpc) is 3.54. The average molecular weight is 658 g/mol. The lowest BCUT2D eigenvalue weighted by Crippen LogP contribution is -2.48. The number of fused-ring (bicyclic) bond motifs is 1. The first kappa shape index (κ1) is 30.7. The van der Waals surface area contributed by atoms with Crippen LogP contribution in [0.15, 0.2) is 72.6 Å². The molecule has 1 aliphatic heterocycles. The number of aromatic nitrogens is 5. The van der Waals surface area contributed by atoms with Crippen molar-refractivity contribution >= 4 is 50.4 Å². The number of rotatable bonds is 9. The minimum atomic E-state index is -0.744. The number of benzene rings is 1. The maximum absolute atomic E-state index is 14.0. The highest BCUT2D eigenvalue weighted by atomic mass is 79.9. The Morgan fingerprint density at radius 2 is 1.84 bits per heavy atom. The lowest BCUT2D eigenvalue weighted by Gasteiger charge is -2.29. The number of hydrogen-bond donors (Lipinski definition) is 2. The van der Waals surface area contributed by atoms with Gasteiger partial charge in [0, 0.05) is 29.9 Å². The predicted molar refractivity (Wildman–Crippen MR) is 172 cm³/mol. The molecule has 3 atom stereocenters. The van der Waals surface area contributed by atoms with Gasteiger partial charge in [-0.1, -0.05) is 31.2 Å². The van der Waals surface area contributed by atoms with Gasteiger partial charge in [-0.05, 0) is 71.4 Å². The largest absolute Gasteiger partial charge is 0.347 e. The van der Waals surface area contributed by atoms with Gasteiger partial charge in [-0.15, -0.1) is 13.2 Å². The van der Waals surface area contributed by atoms with Crippen LogP contribution in [0.1, 0.15) is 35.2 Å². The van der Waals surface area contributed by atoms with Crippen molar-refractivity contribution in [3.8, 4) is 11.1 Å². The van der Waals surface area contributed by atoms with E-state index in [4.69, 9.17) is 0 Å². The van der Waals surface area contributed by atoms with Crippen LogP contribution < -0.4 is 10.6 Å². The summed E-state index contributed by atoms with van der Waals surface area (Å²) in [6.45, 7) is 13.3. The van der Waals surface area contributed by atoms with E-state index in [1.54, 1.807) is 42.4 Å². The monoisotopic (exact) mass is 656 g/mol. The number of nitrogens with zero attached hydrogens (tertiary/aromatic N) is 6. The molecule has 3 amide bonds. The Labute approximate surface area is 263 Å². The second-order valence-corrected chi connectivity index (χ2v) is 11.6. The van der Waals surface area contributed by atoms with Gasteiger partial charge in [0.25, 0.3) is 5.91 Å². The Hall–Kier alpha value is -4.71. The summed E-state index contributed by atoms with van der Waals surface area (Å²) in [5.74, 6) is 0.0213. The number of hydrogen-bond acceptors (Lipinski definition) is 7. The molecule has 0 aliphatic carbocycles. The van der Waals surface area contributed by atoms with Gasteiger partial charge in [0.05, 0.1) is 11.6 Å². The Morgan fingerprint density at radius 1 is 1.09 bits per heavy atom. The zero-order valence-corrected chi connectivity index (χ0v) is 26.3. The third-order valence-electron chi connectivity index (χ3n) is 7.74. The van der Waals surface area contributed by atoms with Crippen molar-refractivity contribution in [3.05, 3.63) is 89.7 Å². The first-order valence-electron chi connectivity index (χ1n) is 14.2. The molecule has 0 radical (unpaired) electrons. The first-order chi connectivity index (χ1) is 21.1. The van der Waals surface area contributed by atoms with Crippen LogP contribution >= 0.6 is 15.9 Å². The third kappa shape index (κ3) is 6.16. The van der Waals surface area contributed by atoms with E-state index in [-0.39, 0.29) is 42.6 Å². The van der Waals surface area contributed by atoms with Crippen molar-refractivity contribution in [2.24, 2.45) is 5.92 Å². The van der Waals surface area contributed by atoms with Crippen LogP contribution in [-0.2, 0) is 16.1 Å². The number of aryl methyl sites for hydroxylation is 2. The van der Waals surface area contributed by atoms with Gasteiger partial charge in [0.15, 0.2) is 5.69 Å². The van der Waals surface area contributed by atoms with Crippen molar-refractivity contribution in [2.75, 3.05) is 11.9 Å². The highest BCUT2D eigenvalue weighted by Crippen LogP contribution is 2.33. The topological polar surface area (TPSA) is 135 Å². The van der Waals surface area contributed by atoms with Crippen LogP contribution in [0.3, 0.4) is 0 Å². The Kier molecular flexibility index (Phi) is 9.00. The van der Waals surface area contributed by atoms with Crippen molar-refractivity contribution in [1.29, 1.82) is 0 Å². The minimum absolute atomic E-state index is 0.00217. The molecule has 226 valence electrons. The summed E-state index contributed by atoms with van der Waals surface area (Å²) in [6, 6.07) is 8.07. The van der Waals surface area contributed by atoms with Crippen LogP contribution in [0.5, 0.6) is 0 Å². The number of nitrogens with one attached hydrogen (secondary N) is 2. The maximum Gasteiger partial charge on any atom is 0.272 e. The van der Waals surface area contributed by atoms with Gasteiger partial charge in [0.2, 0.25) is 11.8 Å². The molecule has 11 nitrogen and oxygen atoms in total. The fourth-order valence-corrected chi connectivity index (χ4v) is 5.79. The summed E-state index contributed by atoms with van der Waals surface area (Å²) < 4.78 is 2.10. The maximum atomic E-state index is 14.0. The molecule has 0 unspecified atom stereocenters. The molecule has 0 bridgehead atoms. The molecule has 0 spiro atoms. The molecular formula is C32H33BrN8O3. The molecule has 4 aromatic rings. The van der Waals surface area contributed by atoms with Crippen molar-refractivity contribution in [2.45, 2.75) is 45.8 Å². The summed E-state index contributed by atoms with van der Waals surface area (Å²) in [5.41, 5.74) is 3.14. The minimum Gasteiger partial charge on any atom is -0.347 e. The molecule has 0 saturated carbocycles. The quantitative estimate of drug-likeness (QED) is 0.198. The molecule has 3 aromatic heterocycles. The van der Waals surface area contributed by atoms with E-state index in [2.05, 4.69) is 59.8 Å². The van der Waals surface area contributed by atoms with Gasteiger partial charge in [-0.25, -0.2) is 15.0 Å². The zero-order chi connectivity index (χ0) is 31.5. The van der Waals surface area contributed by atoms with Crippen LogP contribution in [-0.4, -0.2) is 66.0 Å². The third-order valence-corrected chi connectivity index (χ3v) is 8.19. The normalized spacial score (nSPS) is 17.8. The number of likely N-dealkylation sites (tertiary alicyclic amines) is 1. The summed E-state index contributed by atoms with van der Waals surface area (Å²) in [6.07, 6.45) is 7.17. The summed E-state index contributed by atoms with van der Waals surface area (Å²) in [7, 11) is 0. The van der Waals surface area contributed by atoms with E-state index in [0.717, 1.165) is 16.7 Å². The fourth-order valence-electron chi connectivity index (χ4n) is 5.48. The smallest absolute Gasteiger partial charge is 0.272 e. The number of carbonyl (C=O) groups is 3. The molecule has 1 saturated heterocycles. The predicted octanol–water partition coefficient (Wildman–Crippen LogP) is 4.61. The highest BCUT2D eigenvalue weighted by Gasteiger charge is 2.44. The first-order valence-corrected chi connectivity index (χ1v) is 15.0. The number of amides is 3. The van der Waals surface area contributed by atoms with Crippen LogP contribution in [0.25, 0.3) is 22.0 Å². The van der Waals surface area contributed by atoms with Gasteiger partial charge in [-0.3, -0.25) is 19.1 Å². The molecule has 5 rings (SSSR count). The van der Waals surface area contributed by atoms with Gasteiger partial charge in [-0.2, -0.15) is 5.10 Å². The van der Waals surface area contributed by atoms with E-state index >= 15 is 0 Å². The molecule has 1 aliphatic rings. The number of carbonyl (C=O) groups excluding carboxylic acids is 3. The van der Waals surface area contributed by atoms with Gasteiger partial charge in [0.1, 0.15) is 28.8 Å². The summed E-state index contributed by atoms with van der Waals surface area (Å²) in [4.78, 5) is 55.2. The van der Waals surface area contributed by atoms with Crippen LogP contribution in [0.2, 0.25) is 0 Å². The Balaban J connectivity index is 1.49. The van der Waals surface area contributed by atoms with Crippen LogP contribution in [0.4, 0.5) is 5.82 Å². The fraction of sp³-hybridized carbons (Fsp3) is 0.281.